The molecule has 0 spiro atoms. The first-order chi connectivity index (χ1) is 22.0. The SMILES string of the molecule is CC1C(CSc2nncn2C)OC(c2ccc(-c3cccc(CNC(=O)c4cccnc4)c3)cc2)OC1c1ccc(CO)cc1. The number of carbonyl (C=O) groups is 1. The van der Waals surface area contributed by atoms with Gasteiger partial charge < -0.3 is 24.5 Å². The van der Waals surface area contributed by atoms with Gasteiger partial charge in [-0.05, 0) is 46.0 Å². The first-order valence-electron chi connectivity index (χ1n) is 14.8. The number of aliphatic hydroxyl groups is 1. The second-order valence-corrected chi connectivity index (χ2v) is 12.1. The number of carbonyl (C=O) groups excluding carboxylic acids is 1. The second kappa shape index (κ2) is 14.2. The van der Waals surface area contributed by atoms with E-state index in [-0.39, 0.29) is 30.6 Å². The lowest BCUT2D eigenvalue weighted by Crippen LogP contribution is -2.38. The van der Waals surface area contributed by atoms with Crippen LogP contribution in [0.15, 0.2) is 109 Å². The Bertz CT molecular complexity index is 1710. The van der Waals surface area contributed by atoms with E-state index in [1.165, 1.54) is 0 Å². The molecule has 1 saturated heterocycles. The van der Waals surface area contributed by atoms with Crippen molar-refractivity contribution >= 4 is 17.7 Å². The minimum atomic E-state index is -0.558. The summed E-state index contributed by atoms with van der Waals surface area (Å²) in [6.45, 7) is 2.56. The first-order valence-corrected chi connectivity index (χ1v) is 15.8. The molecule has 4 atom stereocenters. The van der Waals surface area contributed by atoms with Gasteiger partial charge >= 0.3 is 0 Å². The number of aryl methyl sites for hydroxylation is 1. The number of aliphatic hydroxyl groups excluding tert-OH is 1. The van der Waals surface area contributed by atoms with Crippen LogP contribution in [0.1, 0.15) is 51.9 Å². The highest BCUT2D eigenvalue weighted by molar-refractivity contribution is 7.99. The van der Waals surface area contributed by atoms with E-state index in [9.17, 15) is 9.90 Å². The molecule has 10 heteroatoms. The Balaban J connectivity index is 1.18. The highest BCUT2D eigenvalue weighted by atomic mass is 32.2. The maximum Gasteiger partial charge on any atom is 0.253 e. The minimum absolute atomic E-state index is 0.000642. The van der Waals surface area contributed by atoms with Gasteiger partial charge in [0.1, 0.15) is 6.33 Å². The van der Waals surface area contributed by atoms with Gasteiger partial charge in [-0.25, -0.2) is 0 Å². The molecule has 1 fully saturated rings. The molecule has 2 N–H and O–H groups in total. The number of thioether (sulfide) groups is 1. The summed E-state index contributed by atoms with van der Waals surface area (Å²) in [4.78, 5) is 16.5. The van der Waals surface area contributed by atoms with Crippen LogP contribution in [0.2, 0.25) is 0 Å². The zero-order valence-corrected chi connectivity index (χ0v) is 25.9. The summed E-state index contributed by atoms with van der Waals surface area (Å²) in [5, 5.41) is 21.6. The Morgan fingerprint density at radius 3 is 2.47 bits per heavy atom. The maximum absolute atomic E-state index is 12.5. The van der Waals surface area contributed by atoms with E-state index in [0.29, 0.717) is 17.9 Å². The van der Waals surface area contributed by atoms with E-state index in [0.717, 1.165) is 38.5 Å². The Morgan fingerprint density at radius 2 is 1.76 bits per heavy atom. The van der Waals surface area contributed by atoms with Crippen molar-refractivity contribution in [3.8, 4) is 11.1 Å². The maximum atomic E-state index is 12.5. The Hall–Kier alpha value is -4.35. The largest absolute Gasteiger partial charge is 0.392 e. The van der Waals surface area contributed by atoms with E-state index in [1.54, 1.807) is 42.6 Å². The molecule has 6 rings (SSSR count). The van der Waals surface area contributed by atoms with Crippen LogP contribution in [0.3, 0.4) is 0 Å². The third-order valence-corrected chi connectivity index (χ3v) is 9.11. The summed E-state index contributed by atoms with van der Waals surface area (Å²) < 4.78 is 15.1. The molecule has 1 amide bonds. The van der Waals surface area contributed by atoms with Crippen molar-refractivity contribution in [3.05, 3.63) is 131 Å². The Labute approximate surface area is 266 Å². The van der Waals surface area contributed by atoms with Gasteiger partial charge in [0.05, 0.1) is 24.4 Å². The summed E-state index contributed by atoms with van der Waals surface area (Å²) in [6.07, 6.45) is 4.04. The molecule has 0 radical (unpaired) electrons. The van der Waals surface area contributed by atoms with Gasteiger partial charge in [-0.1, -0.05) is 85.4 Å². The molecule has 5 aromatic rings. The van der Waals surface area contributed by atoms with Crippen LogP contribution in [0.5, 0.6) is 0 Å². The van der Waals surface area contributed by atoms with Gasteiger partial charge in [0.2, 0.25) is 0 Å². The third-order valence-electron chi connectivity index (χ3n) is 7.99. The highest BCUT2D eigenvalue weighted by Gasteiger charge is 2.38. The zero-order chi connectivity index (χ0) is 31.2. The molecule has 3 heterocycles. The van der Waals surface area contributed by atoms with Crippen molar-refractivity contribution in [3.63, 3.8) is 0 Å². The topological polar surface area (TPSA) is 111 Å². The normalized spacial score (nSPS) is 19.7. The summed E-state index contributed by atoms with van der Waals surface area (Å²) in [6, 6.07) is 27.8. The summed E-state index contributed by atoms with van der Waals surface area (Å²) in [5.41, 5.74) is 6.47. The number of ether oxygens (including phenoxy) is 2. The van der Waals surface area contributed by atoms with Crippen molar-refractivity contribution in [1.82, 2.24) is 25.1 Å². The van der Waals surface area contributed by atoms with E-state index >= 15 is 0 Å². The molecule has 3 aromatic carbocycles. The average Bonchev–Trinajstić information content (AvgIpc) is 3.51. The van der Waals surface area contributed by atoms with Crippen molar-refractivity contribution in [1.29, 1.82) is 0 Å². The molecule has 1 aliphatic rings. The van der Waals surface area contributed by atoms with Gasteiger partial charge in [0.15, 0.2) is 11.4 Å². The third kappa shape index (κ3) is 7.32. The number of hydrogen-bond acceptors (Lipinski definition) is 8. The fourth-order valence-corrected chi connectivity index (χ4v) is 6.40. The summed E-state index contributed by atoms with van der Waals surface area (Å²) in [7, 11) is 1.93. The predicted molar refractivity (Wildman–Crippen MR) is 172 cm³/mol. The van der Waals surface area contributed by atoms with Crippen molar-refractivity contribution in [2.75, 3.05) is 5.75 Å². The van der Waals surface area contributed by atoms with Gasteiger partial charge in [-0.15, -0.1) is 10.2 Å². The van der Waals surface area contributed by atoms with Crippen LogP contribution >= 0.6 is 11.8 Å². The van der Waals surface area contributed by atoms with Gasteiger partial charge in [0, 0.05) is 43.2 Å². The van der Waals surface area contributed by atoms with Crippen LogP contribution in [-0.2, 0) is 29.7 Å². The van der Waals surface area contributed by atoms with Crippen molar-refractivity contribution < 1.29 is 19.4 Å². The first kappa shape index (κ1) is 30.7. The number of hydrogen-bond donors (Lipinski definition) is 2. The van der Waals surface area contributed by atoms with Crippen LogP contribution in [0.4, 0.5) is 0 Å². The zero-order valence-electron chi connectivity index (χ0n) is 25.1. The monoisotopic (exact) mass is 621 g/mol. The van der Waals surface area contributed by atoms with Gasteiger partial charge in [0.25, 0.3) is 5.91 Å². The number of aromatic nitrogens is 4. The fraction of sp³-hybridized carbons (Fsp3) is 0.257. The van der Waals surface area contributed by atoms with E-state index in [2.05, 4.69) is 51.7 Å². The molecule has 0 aliphatic carbocycles. The van der Waals surface area contributed by atoms with Crippen molar-refractivity contribution in [2.45, 2.75) is 43.7 Å². The molecule has 230 valence electrons. The fourth-order valence-electron chi connectivity index (χ4n) is 5.34. The van der Waals surface area contributed by atoms with E-state index in [1.807, 2.05) is 60.1 Å². The number of nitrogens with zero attached hydrogens (tertiary/aromatic N) is 4. The molecule has 45 heavy (non-hydrogen) atoms. The number of rotatable bonds is 10. The smallest absolute Gasteiger partial charge is 0.253 e. The average molecular weight is 622 g/mol. The van der Waals surface area contributed by atoms with Crippen molar-refractivity contribution in [2.24, 2.45) is 13.0 Å². The summed E-state index contributed by atoms with van der Waals surface area (Å²) in [5.74, 6) is 0.610. The number of benzene rings is 3. The second-order valence-electron chi connectivity index (χ2n) is 11.1. The van der Waals surface area contributed by atoms with Gasteiger partial charge in [-0.3, -0.25) is 9.78 Å². The van der Waals surface area contributed by atoms with Crippen LogP contribution in [0.25, 0.3) is 11.1 Å². The molecule has 1 aliphatic heterocycles. The standard InChI is InChI=1S/C35H35N5O4S/c1-23-31(21-45-35-39-38-22-40(35)2)43-34(44-32(23)27-10-8-24(20-41)9-11-27)28-14-12-26(13-15-28)29-6-3-5-25(17-29)18-37-33(42)30-7-4-16-36-19-30/h3-17,19,22-23,31-32,34,41H,18,20-21H2,1-2H3,(H,37,42). The minimum Gasteiger partial charge on any atom is -0.392 e. The quantitative estimate of drug-likeness (QED) is 0.186. The molecule has 4 unspecified atom stereocenters. The van der Waals surface area contributed by atoms with Crippen LogP contribution in [0, 0.1) is 5.92 Å². The molecular weight excluding hydrogens is 586 g/mol. The molecule has 0 bridgehead atoms. The predicted octanol–water partition coefficient (Wildman–Crippen LogP) is 5.88. The molecule has 0 saturated carbocycles. The molecular formula is C35H35N5O4S. The van der Waals surface area contributed by atoms with Gasteiger partial charge in [-0.2, -0.15) is 0 Å². The lowest BCUT2D eigenvalue weighted by atomic mass is 9.91. The van der Waals surface area contributed by atoms with Crippen LogP contribution in [-0.4, -0.2) is 42.6 Å². The lowest BCUT2D eigenvalue weighted by molar-refractivity contribution is -0.268. The Morgan fingerprint density at radius 1 is 0.956 bits per heavy atom. The number of amides is 1. The highest BCUT2D eigenvalue weighted by Crippen LogP contribution is 2.43. The Kier molecular flexibility index (Phi) is 9.66. The van der Waals surface area contributed by atoms with E-state index in [4.69, 9.17) is 9.47 Å². The number of pyridine rings is 1. The molecule has 9 nitrogen and oxygen atoms in total. The van der Waals surface area contributed by atoms with E-state index < -0.39 is 6.29 Å². The van der Waals surface area contributed by atoms with Crippen LogP contribution < -0.4 is 5.32 Å². The lowest BCUT2D eigenvalue weighted by Gasteiger charge is -2.41. The number of nitrogens with one attached hydrogen (secondary N) is 1. The summed E-state index contributed by atoms with van der Waals surface area (Å²) >= 11 is 1.62. The molecule has 2 aromatic heterocycles.